The molecule has 1 aromatic rings. The number of quaternary nitrogens is 1. The van der Waals surface area contributed by atoms with E-state index in [0.717, 1.165) is 45.4 Å². The summed E-state index contributed by atoms with van der Waals surface area (Å²) in [5, 5.41) is 11.4. The number of nitrogens with two attached hydrogens (primary N) is 1. The predicted molar refractivity (Wildman–Crippen MR) is 137 cm³/mol. The molecule has 3 rings (SSSR count). The lowest BCUT2D eigenvalue weighted by atomic mass is 9.89. The number of urea groups is 1. The first-order valence-electron chi connectivity index (χ1n) is 12.1. The van der Waals surface area contributed by atoms with Gasteiger partial charge in [0.05, 0.1) is 10.7 Å². The summed E-state index contributed by atoms with van der Waals surface area (Å²) >= 11 is 3.13. The van der Waals surface area contributed by atoms with Crippen molar-refractivity contribution in [2.75, 3.05) is 0 Å². The highest BCUT2D eigenvalue weighted by Crippen LogP contribution is 2.37. The summed E-state index contributed by atoms with van der Waals surface area (Å²) in [6, 6.07) is 8.48. The summed E-state index contributed by atoms with van der Waals surface area (Å²) in [6.45, 7) is 6.17. The van der Waals surface area contributed by atoms with Gasteiger partial charge < -0.3 is 5.11 Å². The molecular formula is C26H37N2O3S2+. The number of carboxylic acids is 1. The fourth-order valence-electron chi connectivity index (χ4n) is 4.85. The highest BCUT2D eigenvalue weighted by atomic mass is 32.2. The van der Waals surface area contributed by atoms with Gasteiger partial charge in [-0.3, -0.25) is 9.69 Å². The van der Waals surface area contributed by atoms with E-state index in [9.17, 15) is 9.59 Å². The standard InChI is InChI=1S/C26H36N2O3S2/c1-3-25(33-23-16-14-20(15-17-23)18-24(29)30)32-19(2)27-26(31)28(21-10-6-4-7-11-21)22-12-8-5-9-13-22/h3,14-17,21-22H,2,4-13,18H2,1H3,(H,27,31)(H,29,30)/p+1. The number of carbonyl (C=O) groups is 2. The number of rotatable bonds is 9. The van der Waals surface area contributed by atoms with E-state index in [1.807, 2.05) is 37.3 Å². The van der Waals surface area contributed by atoms with Crippen molar-refractivity contribution in [2.45, 2.75) is 94.5 Å². The van der Waals surface area contributed by atoms with Crippen molar-refractivity contribution in [3.05, 3.63) is 51.8 Å². The number of amides is 2. The van der Waals surface area contributed by atoms with Crippen molar-refractivity contribution in [3.8, 4) is 0 Å². The number of benzene rings is 1. The van der Waals surface area contributed by atoms with Crippen LogP contribution in [0.3, 0.4) is 0 Å². The second-order valence-corrected chi connectivity index (χ2v) is 11.5. The topological polar surface area (TPSA) is 74.2 Å². The summed E-state index contributed by atoms with van der Waals surface area (Å²) in [5.74, 6) is -0.827. The van der Waals surface area contributed by atoms with Crippen LogP contribution in [-0.4, -0.2) is 34.1 Å². The summed E-state index contributed by atoms with van der Waals surface area (Å²) in [7, 11) is 0. The zero-order chi connectivity index (χ0) is 23.6. The van der Waals surface area contributed by atoms with Crippen LogP contribution in [0.2, 0.25) is 0 Å². The molecule has 33 heavy (non-hydrogen) atoms. The van der Waals surface area contributed by atoms with Gasteiger partial charge in [-0.1, -0.05) is 68.5 Å². The van der Waals surface area contributed by atoms with Crippen molar-refractivity contribution in [1.82, 2.24) is 4.90 Å². The number of hydrogen-bond acceptors (Lipinski definition) is 4. The third-order valence-corrected chi connectivity index (χ3v) is 8.70. The van der Waals surface area contributed by atoms with E-state index in [2.05, 4.69) is 11.5 Å². The maximum atomic E-state index is 13.4. The Kier molecular flexibility index (Phi) is 10.4. The molecular weight excluding hydrogens is 452 g/mol. The molecule has 5 nitrogen and oxygen atoms in total. The second kappa shape index (κ2) is 13.3. The number of carboxylic acid groups (broad SMARTS) is 1. The predicted octanol–water partition coefficient (Wildman–Crippen LogP) is 6.12. The van der Waals surface area contributed by atoms with Gasteiger partial charge in [0.2, 0.25) is 0 Å². The zero-order valence-corrected chi connectivity index (χ0v) is 21.3. The summed E-state index contributed by atoms with van der Waals surface area (Å²) < 4.78 is 1.05. The Labute approximate surface area is 206 Å². The highest BCUT2D eigenvalue weighted by molar-refractivity contribution is 8.23. The first kappa shape index (κ1) is 25.9. The van der Waals surface area contributed by atoms with Crippen LogP contribution in [0.25, 0.3) is 0 Å². The Balaban J connectivity index is 1.58. The number of primary amides is 1. The fourth-order valence-corrected chi connectivity index (χ4v) is 6.79. The molecule has 0 saturated heterocycles. The Morgan fingerprint density at radius 2 is 1.58 bits per heavy atom. The van der Waals surface area contributed by atoms with Crippen LogP contribution in [0.5, 0.6) is 0 Å². The Hall–Kier alpha value is -1.70. The third-order valence-electron chi connectivity index (χ3n) is 6.44. The molecule has 2 amide bonds. The molecule has 2 aliphatic rings. The molecule has 0 aromatic heterocycles. The molecule has 0 unspecified atom stereocenters. The lowest BCUT2D eigenvalue weighted by Gasteiger charge is -2.39. The van der Waals surface area contributed by atoms with E-state index in [1.54, 1.807) is 17.1 Å². The van der Waals surface area contributed by atoms with Crippen LogP contribution in [0, 0.1) is 0 Å². The normalized spacial score (nSPS) is 18.2. The van der Waals surface area contributed by atoms with E-state index >= 15 is 0 Å². The van der Waals surface area contributed by atoms with Gasteiger partial charge in [-0.15, -0.1) is 0 Å². The number of allylic oxidation sites excluding steroid dienone is 1. The maximum absolute atomic E-state index is 13.4. The van der Waals surface area contributed by atoms with Gasteiger partial charge in [-0.25, -0.2) is 10.1 Å². The molecule has 0 radical (unpaired) electrons. The maximum Gasteiger partial charge on any atom is 0.421 e. The Morgan fingerprint density at radius 1 is 1.03 bits per heavy atom. The van der Waals surface area contributed by atoms with Crippen LogP contribution in [0.1, 0.15) is 76.7 Å². The van der Waals surface area contributed by atoms with Crippen LogP contribution in [-0.2, 0) is 11.2 Å². The fraction of sp³-hybridized carbons (Fsp3) is 0.538. The van der Waals surface area contributed by atoms with Gasteiger partial charge in [0.25, 0.3) is 0 Å². The summed E-state index contributed by atoms with van der Waals surface area (Å²) in [5.41, 5.74) is 0.787. The van der Waals surface area contributed by atoms with Gasteiger partial charge in [0.15, 0.2) is 5.03 Å². The summed E-state index contributed by atoms with van der Waals surface area (Å²) in [6.07, 6.45) is 14.0. The molecule has 2 aliphatic carbocycles. The molecule has 7 heteroatoms. The highest BCUT2D eigenvalue weighted by Gasteiger charge is 2.35. The van der Waals surface area contributed by atoms with Crippen LogP contribution in [0.15, 0.2) is 51.1 Å². The smallest absolute Gasteiger partial charge is 0.421 e. The SMILES string of the molecule is C=C([NH2+]C(=O)N(C1CCCCC1)C1CCCCC1)SC(=CC)Sc1ccc(CC(=O)O)cc1. The molecule has 0 spiro atoms. The molecule has 0 bridgehead atoms. The van der Waals surface area contributed by atoms with Crippen molar-refractivity contribution >= 4 is 35.5 Å². The van der Waals surface area contributed by atoms with E-state index in [-0.39, 0.29) is 12.5 Å². The molecule has 0 heterocycles. The van der Waals surface area contributed by atoms with Gasteiger partial charge in [0, 0.05) is 17.0 Å². The molecule has 2 fully saturated rings. The van der Waals surface area contributed by atoms with Gasteiger partial charge in [-0.2, -0.15) is 0 Å². The van der Waals surface area contributed by atoms with Crippen molar-refractivity contribution in [2.24, 2.45) is 0 Å². The average molecular weight is 490 g/mol. The average Bonchev–Trinajstić information content (AvgIpc) is 2.81. The third kappa shape index (κ3) is 8.23. The van der Waals surface area contributed by atoms with Crippen LogP contribution in [0.4, 0.5) is 4.79 Å². The van der Waals surface area contributed by atoms with E-state index < -0.39 is 5.97 Å². The number of aliphatic carboxylic acids is 1. The molecule has 180 valence electrons. The van der Waals surface area contributed by atoms with Gasteiger partial charge in [0.1, 0.15) is 0 Å². The first-order valence-corrected chi connectivity index (χ1v) is 13.8. The first-order chi connectivity index (χ1) is 16.0. The molecule has 0 aliphatic heterocycles. The largest absolute Gasteiger partial charge is 0.481 e. The van der Waals surface area contributed by atoms with Gasteiger partial charge in [-0.05, 0) is 68.6 Å². The lowest BCUT2D eigenvalue weighted by molar-refractivity contribution is -0.499. The van der Waals surface area contributed by atoms with E-state index in [4.69, 9.17) is 5.11 Å². The second-order valence-electron chi connectivity index (χ2n) is 8.97. The van der Waals surface area contributed by atoms with E-state index in [1.165, 1.54) is 50.3 Å². The minimum atomic E-state index is -0.827. The number of carbonyl (C=O) groups excluding carboxylic acids is 1. The number of thioether (sulfide) groups is 2. The van der Waals surface area contributed by atoms with E-state index in [0.29, 0.717) is 12.1 Å². The summed E-state index contributed by atoms with van der Waals surface area (Å²) in [4.78, 5) is 27.6. The number of nitrogens with zero attached hydrogens (tertiary/aromatic N) is 1. The van der Waals surface area contributed by atoms with Crippen LogP contribution < -0.4 is 5.32 Å². The molecule has 0 atom stereocenters. The van der Waals surface area contributed by atoms with Crippen LogP contribution >= 0.6 is 23.5 Å². The zero-order valence-electron chi connectivity index (χ0n) is 19.6. The van der Waals surface area contributed by atoms with Gasteiger partial charge >= 0.3 is 12.0 Å². The minimum Gasteiger partial charge on any atom is -0.481 e. The molecule has 2 saturated carbocycles. The molecule has 3 N–H and O–H groups in total. The lowest BCUT2D eigenvalue weighted by Crippen LogP contribution is -2.89. The minimum absolute atomic E-state index is 0.0303. The van der Waals surface area contributed by atoms with Crippen molar-refractivity contribution < 1.29 is 20.0 Å². The monoisotopic (exact) mass is 489 g/mol. The Morgan fingerprint density at radius 3 is 2.06 bits per heavy atom. The molecule has 1 aromatic carbocycles. The Bertz CT molecular complexity index is 824. The van der Waals surface area contributed by atoms with Crippen molar-refractivity contribution in [1.29, 1.82) is 0 Å². The number of hydrogen-bond donors (Lipinski definition) is 2. The quantitative estimate of drug-likeness (QED) is 0.409. The van der Waals surface area contributed by atoms with Crippen molar-refractivity contribution in [3.63, 3.8) is 0 Å².